The highest BCUT2D eigenvalue weighted by molar-refractivity contribution is 5.18. The Morgan fingerprint density at radius 1 is 1.50 bits per heavy atom. The van der Waals surface area contributed by atoms with Crippen LogP contribution in [0.3, 0.4) is 0 Å². The lowest BCUT2D eigenvalue weighted by Crippen LogP contribution is -2.29. The SMILES string of the molecule is Cc1ncccc1CCNC1(C)CC1. The molecule has 0 spiro atoms. The van der Waals surface area contributed by atoms with Gasteiger partial charge in [-0.1, -0.05) is 6.07 Å². The molecule has 0 saturated heterocycles. The summed E-state index contributed by atoms with van der Waals surface area (Å²) in [6.45, 7) is 5.44. The second kappa shape index (κ2) is 3.70. The van der Waals surface area contributed by atoms with Crippen LogP contribution >= 0.6 is 0 Å². The number of hydrogen-bond donors (Lipinski definition) is 1. The molecule has 2 nitrogen and oxygen atoms in total. The first-order chi connectivity index (χ1) is 6.70. The predicted molar refractivity (Wildman–Crippen MR) is 58.3 cm³/mol. The Morgan fingerprint density at radius 2 is 2.29 bits per heavy atom. The molecule has 1 fully saturated rings. The van der Waals surface area contributed by atoms with E-state index in [1.165, 1.54) is 18.4 Å². The van der Waals surface area contributed by atoms with Gasteiger partial charge in [0, 0.05) is 17.4 Å². The molecular weight excluding hydrogens is 172 g/mol. The molecule has 1 aromatic rings. The van der Waals surface area contributed by atoms with E-state index in [-0.39, 0.29) is 0 Å². The van der Waals surface area contributed by atoms with Crippen molar-refractivity contribution in [3.05, 3.63) is 29.6 Å². The molecular formula is C12H18N2. The lowest BCUT2D eigenvalue weighted by molar-refractivity contribution is 0.540. The van der Waals surface area contributed by atoms with Crippen LogP contribution in [0.25, 0.3) is 0 Å². The van der Waals surface area contributed by atoms with E-state index in [1.54, 1.807) is 0 Å². The maximum atomic E-state index is 4.28. The van der Waals surface area contributed by atoms with Gasteiger partial charge in [0.2, 0.25) is 0 Å². The van der Waals surface area contributed by atoms with Crippen molar-refractivity contribution in [2.75, 3.05) is 6.54 Å². The third-order valence-electron chi connectivity index (χ3n) is 3.06. The first-order valence-corrected chi connectivity index (χ1v) is 5.35. The number of pyridine rings is 1. The molecule has 1 aliphatic carbocycles. The monoisotopic (exact) mass is 190 g/mol. The minimum Gasteiger partial charge on any atom is -0.311 e. The van der Waals surface area contributed by atoms with Crippen LogP contribution in [0.4, 0.5) is 0 Å². The molecule has 1 aromatic heterocycles. The van der Waals surface area contributed by atoms with Gasteiger partial charge in [-0.3, -0.25) is 4.98 Å². The van der Waals surface area contributed by atoms with Crippen molar-refractivity contribution in [3.8, 4) is 0 Å². The molecule has 76 valence electrons. The number of rotatable bonds is 4. The maximum Gasteiger partial charge on any atom is 0.0405 e. The van der Waals surface area contributed by atoms with Gasteiger partial charge < -0.3 is 5.32 Å². The fourth-order valence-electron chi connectivity index (χ4n) is 1.64. The van der Waals surface area contributed by atoms with Crippen molar-refractivity contribution in [2.45, 2.75) is 38.6 Å². The van der Waals surface area contributed by atoms with E-state index < -0.39 is 0 Å². The van der Waals surface area contributed by atoms with Crippen LogP contribution in [0, 0.1) is 6.92 Å². The van der Waals surface area contributed by atoms with Gasteiger partial charge in [0.15, 0.2) is 0 Å². The number of aromatic nitrogens is 1. The Hall–Kier alpha value is -0.890. The topological polar surface area (TPSA) is 24.9 Å². The van der Waals surface area contributed by atoms with Crippen molar-refractivity contribution >= 4 is 0 Å². The van der Waals surface area contributed by atoms with E-state index in [1.807, 2.05) is 12.3 Å². The second-order valence-electron chi connectivity index (χ2n) is 4.49. The lowest BCUT2D eigenvalue weighted by Gasteiger charge is -2.11. The minimum atomic E-state index is 0.454. The van der Waals surface area contributed by atoms with E-state index in [2.05, 4.69) is 30.2 Å². The lowest BCUT2D eigenvalue weighted by atomic mass is 10.1. The number of nitrogens with zero attached hydrogens (tertiary/aromatic N) is 1. The fraction of sp³-hybridized carbons (Fsp3) is 0.583. The first kappa shape index (κ1) is 9.66. The molecule has 14 heavy (non-hydrogen) atoms. The quantitative estimate of drug-likeness (QED) is 0.786. The summed E-state index contributed by atoms with van der Waals surface area (Å²) < 4.78 is 0. The summed E-state index contributed by atoms with van der Waals surface area (Å²) in [5.74, 6) is 0. The summed E-state index contributed by atoms with van der Waals surface area (Å²) in [7, 11) is 0. The van der Waals surface area contributed by atoms with E-state index in [0.717, 1.165) is 18.7 Å². The number of hydrogen-bond acceptors (Lipinski definition) is 2. The fourth-order valence-corrected chi connectivity index (χ4v) is 1.64. The largest absolute Gasteiger partial charge is 0.311 e. The van der Waals surface area contributed by atoms with Crippen LogP contribution in [-0.4, -0.2) is 17.1 Å². The van der Waals surface area contributed by atoms with E-state index in [4.69, 9.17) is 0 Å². The van der Waals surface area contributed by atoms with Gasteiger partial charge in [-0.2, -0.15) is 0 Å². The van der Waals surface area contributed by atoms with Crippen LogP contribution < -0.4 is 5.32 Å². The molecule has 2 heteroatoms. The van der Waals surface area contributed by atoms with Gasteiger partial charge in [-0.25, -0.2) is 0 Å². The summed E-state index contributed by atoms with van der Waals surface area (Å²) >= 11 is 0. The van der Waals surface area contributed by atoms with Gasteiger partial charge in [-0.05, 0) is 51.3 Å². The molecule has 1 N–H and O–H groups in total. The molecule has 0 radical (unpaired) electrons. The highest BCUT2D eigenvalue weighted by atomic mass is 15.0. The summed E-state index contributed by atoms with van der Waals surface area (Å²) in [5, 5.41) is 3.58. The van der Waals surface area contributed by atoms with Crippen LogP contribution in [0.15, 0.2) is 18.3 Å². The Labute approximate surface area is 85.7 Å². The third-order valence-corrected chi connectivity index (χ3v) is 3.06. The molecule has 1 saturated carbocycles. The van der Waals surface area contributed by atoms with E-state index in [9.17, 15) is 0 Å². The molecule has 1 heterocycles. The standard InChI is InChI=1S/C12H18N2/c1-10-11(4-3-8-13-10)5-9-14-12(2)6-7-12/h3-4,8,14H,5-7,9H2,1-2H3. The van der Waals surface area contributed by atoms with Crippen molar-refractivity contribution in [1.82, 2.24) is 10.3 Å². The summed E-state index contributed by atoms with van der Waals surface area (Å²) in [4.78, 5) is 4.28. The van der Waals surface area contributed by atoms with Crippen molar-refractivity contribution in [2.24, 2.45) is 0 Å². The van der Waals surface area contributed by atoms with Crippen molar-refractivity contribution in [3.63, 3.8) is 0 Å². The molecule has 0 unspecified atom stereocenters. The number of aryl methyl sites for hydroxylation is 1. The molecule has 0 aromatic carbocycles. The minimum absolute atomic E-state index is 0.454. The third kappa shape index (κ3) is 2.32. The Balaban J connectivity index is 1.83. The molecule has 0 bridgehead atoms. The van der Waals surface area contributed by atoms with Crippen LogP contribution in [0.2, 0.25) is 0 Å². The average Bonchev–Trinajstić information content (AvgIpc) is 2.88. The molecule has 2 rings (SSSR count). The van der Waals surface area contributed by atoms with E-state index in [0.29, 0.717) is 5.54 Å². The van der Waals surface area contributed by atoms with Gasteiger partial charge in [0.1, 0.15) is 0 Å². The zero-order valence-electron chi connectivity index (χ0n) is 9.01. The smallest absolute Gasteiger partial charge is 0.0405 e. The average molecular weight is 190 g/mol. The zero-order valence-corrected chi connectivity index (χ0v) is 9.01. The first-order valence-electron chi connectivity index (χ1n) is 5.35. The number of nitrogens with one attached hydrogen (secondary N) is 1. The Kier molecular flexibility index (Phi) is 2.55. The van der Waals surface area contributed by atoms with Gasteiger partial charge in [0.05, 0.1) is 0 Å². The second-order valence-corrected chi connectivity index (χ2v) is 4.49. The summed E-state index contributed by atoms with van der Waals surface area (Å²) in [6, 6.07) is 4.18. The van der Waals surface area contributed by atoms with Gasteiger partial charge >= 0.3 is 0 Å². The van der Waals surface area contributed by atoms with E-state index >= 15 is 0 Å². The molecule has 0 amide bonds. The van der Waals surface area contributed by atoms with Gasteiger partial charge in [-0.15, -0.1) is 0 Å². The van der Waals surface area contributed by atoms with Crippen LogP contribution in [-0.2, 0) is 6.42 Å². The summed E-state index contributed by atoms with van der Waals surface area (Å²) in [5.41, 5.74) is 2.98. The Morgan fingerprint density at radius 3 is 2.93 bits per heavy atom. The van der Waals surface area contributed by atoms with Crippen LogP contribution in [0.5, 0.6) is 0 Å². The van der Waals surface area contributed by atoms with Crippen molar-refractivity contribution in [1.29, 1.82) is 0 Å². The predicted octanol–water partition coefficient (Wildman–Crippen LogP) is 2.07. The zero-order chi connectivity index (χ0) is 10.0. The molecule has 1 aliphatic rings. The maximum absolute atomic E-state index is 4.28. The van der Waals surface area contributed by atoms with Crippen molar-refractivity contribution < 1.29 is 0 Å². The van der Waals surface area contributed by atoms with Crippen LogP contribution in [0.1, 0.15) is 31.0 Å². The van der Waals surface area contributed by atoms with Gasteiger partial charge in [0.25, 0.3) is 0 Å². The summed E-state index contributed by atoms with van der Waals surface area (Å²) in [6.07, 6.45) is 5.61. The highest BCUT2D eigenvalue weighted by Crippen LogP contribution is 2.33. The Bertz CT molecular complexity index is 316. The molecule has 0 atom stereocenters. The normalized spacial score (nSPS) is 18.1. The molecule has 0 aliphatic heterocycles. The highest BCUT2D eigenvalue weighted by Gasteiger charge is 2.35.